The van der Waals surface area contributed by atoms with E-state index in [1.165, 1.54) is 6.07 Å². The summed E-state index contributed by atoms with van der Waals surface area (Å²) in [5, 5.41) is 3.49. The first-order valence-electron chi connectivity index (χ1n) is 4.12. The van der Waals surface area contributed by atoms with Crippen molar-refractivity contribution < 1.29 is 18.5 Å². The zero-order chi connectivity index (χ0) is 10.7. The number of aromatic nitrogens is 1. The third-order valence-corrected chi connectivity index (χ3v) is 2.06. The van der Waals surface area contributed by atoms with Gasteiger partial charge in [-0.3, -0.25) is 4.89 Å². The van der Waals surface area contributed by atoms with E-state index in [1.807, 2.05) is 30.3 Å². The first-order chi connectivity index (χ1) is 7.25. The van der Waals surface area contributed by atoms with Crippen LogP contribution in [-0.4, -0.2) is 10.1 Å². The van der Waals surface area contributed by atoms with E-state index >= 15 is 0 Å². The van der Waals surface area contributed by atoms with Crippen LogP contribution < -0.4 is 4.52 Å². The van der Waals surface area contributed by atoms with Gasteiger partial charge in [0.1, 0.15) is 0 Å². The summed E-state index contributed by atoms with van der Waals surface area (Å²) in [5.74, 6) is 0.486. The predicted octanol–water partition coefficient (Wildman–Crippen LogP) is 2.37. The molecule has 77 valence electrons. The standard InChI is InChI=1S/C9H7NO4P/c11-15(12)14-9-6-8(13-10-9)7-4-2-1-3-5-7/h1-6H,(H,11,12). The zero-order valence-corrected chi connectivity index (χ0v) is 8.42. The molecule has 0 spiro atoms. The summed E-state index contributed by atoms with van der Waals surface area (Å²) in [5.41, 5.74) is 0.827. The molecule has 1 aromatic heterocycles. The lowest BCUT2D eigenvalue weighted by Crippen LogP contribution is -1.77. The van der Waals surface area contributed by atoms with Crippen LogP contribution in [0.1, 0.15) is 0 Å². The average Bonchev–Trinajstić information content (AvgIpc) is 2.67. The lowest BCUT2D eigenvalue weighted by molar-refractivity contribution is 0.367. The van der Waals surface area contributed by atoms with Crippen molar-refractivity contribution >= 4 is 8.25 Å². The highest BCUT2D eigenvalue weighted by Gasteiger charge is 2.08. The molecule has 1 unspecified atom stereocenters. The topological polar surface area (TPSA) is 72.6 Å². The van der Waals surface area contributed by atoms with Crippen LogP contribution in [0.4, 0.5) is 0 Å². The Hall–Kier alpha value is -1.71. The minimum atomic E-state index is -2.70. The second kappa shape index (κ2) is 4.21. The van der Waals surface area contributed by atoms with Gasteiger partial charge in [0.25, 0.3) is 5.88 Å². The van der Waals surface area contributed by atoms with Crippen molar-refractivity contribution in [2.75, 3.05) is 0 Å². The normalized spacial score (nSPS) is 11.1. The number of hydrogen-bond donors (Lipinski definition) is 1. The van der Waals surface area contributed by atoms with Gasteiger partial charge in [0.15, 0.2) is 5.76 Å². The Kier molecular flexibility index (Phi) is 2.76. The maximum atomic E-state index is 10.4. The molecule has 0 saturated carbocycles. The number of rotatable bonds is 3. The van der Waals surface area contributed by atoms with Crippen molar-refractivity contribution in [1.29, 1.82) is 0 Å². The summed E-state index contributed by atoms with van der Waals surface area (Å²) < 4.78 is 19.8. The van der Waals surface area contributed by atoms with Crippen LogP contribution in [-0.2, 0) is 4.57 Å². The average molecular weight is 224 g/mol. The zero-order valence-electron chi connectivity index (χ0n) is 7.53. The molecule has 5 nitrogen and oxygen atoms in total. The van der Waals surface area contributed by atoms with Crippen LogP contribution in [0.5, 0.6) is 5.88 Å². The Balaban J connectivity index is 2.24. The largest absolute Gasteiger partial charge is 0.427 e. The smallest absolute Gasteiger partial charge is 0.375 e. The summed E-state index contributed by atoms with van der Waals surface area (Å²) in [4.78, 5) is 8.49. The summed E-state index contributed by atoms with van der Waals surface area (Å²) in [6, 6.07) is 10.7. The van der Waals surface area contributed by atoms with E-state index in [0.29, 0.717) is 5.76 Å². The minimum absolute atomic E-state index is 0.00235. The fraction of sp³-hybridized carbons (Fsp3) is 0. The van der Waals surface area contributed by atoms with Gasteiger partial charge in [-0.15, -0.1) is 0 Å². The van der Waals surface area contributed by atoms with E-state index in [0.717, 1.165) is 5.56 Å². The summed E-state index contributed by atoms with van der Waals surface area (Å²) in [6.07, 6.45) is 0. The summed E-state index contributed by atoms with van der Waals surface area (Å²) >= 11 is 0. The molecule has 1 heterocycles. The molecule has 2 aromatic rings. The number of nitrogens with zero attached hydrogens (tertiary/aromatic N) is 1. The van der Waals surface area contributed by atoms with E-state index in [2.05, 4.69) is 9.68 Å². The second-order valence-electron chi connectivity index (χ2n) is 2.72. The molecule has 1 radical (unpaired) electrons. The predicted molar refractivity (Wildman–Crippen MR) is 52.4 cm³/mol. The quantitative estimate of drug-likeness (QED) is 0.810. The second-order valence-corrected chi connectivity index (χ2v) is 3.38. The first kappa shape index (κ1) is 9.83. The van der Waals surface area contributed by atoms with Gasteiger partial charge in [-0.05, 0) is 5.16 Å². The highest BCUT2D eigenvalue weighted by atomic mass is 31.1. The van der Waals surface area contributed by atoms with Crippen molar-refractivity contribution in [2.45, 2.75) is 0 Å². The molecule has 0 aliphatic carbocycles. The lowest BCUT2D eigenvalue weighted by Gasteiger charge is -1.91. The van der Waals surface area contributed by atoms with Crippen LogP contribution in [0.25, 0.3) is 11.3 Å². The molecule has 0 bridgehead atoms. The Morgan fingerprint density at radius 2 is 2.07 bits per heavy atom. The molecule has 0 amide bonds. The molecule has 1 atom stereocenters. The Morgan fingerprint density at radius 1 is 1.33 bits per heavy atom. The van der Waals surface area contributed by atoms with Gasteiger partial charge in [0, 0.05) is 5.56 Å². The van der Waals surface area contributed by atoms with Crippen molar-refractivity contribution in [2.24, 2.45) is 0 Å². The molecule has 1 aromatic carbocycles. The molecule has 1 N–H and O–H groups in total. The summed E-state index contributed by atoms with van der Waals surface area (Å²) in [7, 11) is -2.70. The van der Waals surface area contributed by atoms with Gasteiger partial charge in [0.05, 0.1) is 6.07 Å². The Morgan fingerprint density at radius 3 is 2.73 bits per heavy atom. The van der Waals surface area contributed by atoms with Gasteiger partial charge < -0.3 is 9.05 Å². The SMILES string of the molecule is O=[P](O)Oc1cc(-c2ccccc2)on1. The van der Waals surface area contributed by atoms with Crippen LogP contribution in [0.15, 0.2) is 40.9 Å². The monoisotopic (exact) mass is 224 g/mol. The third kappa shape index (κ3) is 2.40. The fourth-order valence-corrected chi connectivity index (χ4v) is 1.37. The van der Waals surface area contributed by atoms with Gasteiger partial charge >= 0.3 is 8.25 Å². The highest BCUT2D eigenvalue weighted by Crippen LogP contribution is 2.27. The Bertz CT molecular complexity index is 468. The first-order valence-corrected chi connectivity index (χ1v) is 5.25. The molecule has 0 saturated heterocycles. The molecule has 2 rings (SSSR count). The lowest BCUT2D eigenvalue weighted by atomic mass is 10.2. The third-order valence-electron chi connectivity index (χ3n) is 1.72. The van der Waals surface area contributed by atoms with E-state index < -0.39 is 8.25 Å². The Labute approximate surface area is 86.2 Å². The van der Waals surface area contributed by atoms with Crippen molar-refractivity contribution in [3.05, 3.63) is 36.4 Å². The molecule has 15 heavy (non-hydrogen) atoms. The van der Waals surface area contributed by atoms with Crippen LogP contribution >= 0.6 is 8.25 Å². The molecular weight excluding hydrogens is 217 g/mol. The highest BCUT2D eigenvalue weighted by molar-refractivity contribution is 7.32. The van der Waals surface area contributed by atoms with Crippen molar-refractivity contribution in [3.63, 3.8) is 0 Å². The number of hydrogen-bond acceptors (Lipinski definition) is 4. The van der Waals surface area contributed by atoms with E-state index in [-0.39, 0.29) is 5.88 Å². The maximum Gasteiger partial charge on any atom is 0.427 e. The van der Waals surface area contributed by atoms with E-state index in [1.54, 1.807) is 0 Å². The van der Waals surface area contributed by atoms with Gasteiger partial charge in [-0.25, -0.2) is 4.57 Å². The van der Waals surface area contributed by atoms with Gasteiger partial charge in [0.2, 0.25) is 0 Å². The summed E-state index contributed by atoms with van der Waals surface area (Å²) in [6.45, 7) is 0. The van der Waals surface area contributed by atoms with Crippen LogP contribution in [0.3, 0.4) is 0 Å². The fourth-order valence-electron chi connectivity index (χ4n) is 1.12. The maximum absolute atomic E-state index is 10.4. The van der Waals surface area contributed by atoms with Crippen molar-refractivity contribution in [3.8, 4) is 17.2 Å². The van der Waals surface area contributed by atoms with Gasteiger partial charge in [-0.1, -0.05) is 30.3 Å². The molecular formula is C9H7NO4P. The molecule has 0 aliphatic heterocycles. The number of benzene rings is 1. The van der Waals surface area contributed by atoms with E-state index in [4.69, 9.17) is 9.42 Å². The molecule has 0 fully saturated rings. The van der Waals surface area contributed by atoms with Crippen molar-refractivity contribution in [1.82, 2.24) is 5.16 Å². The molecule has 0 aliphatic rings. The van der Waals surface area contributed by atoms with Crippen LogP contribution in [0.2, 0.25) is 0 Å². The van der Waals surface area contributed by atoms with Gasteiger partial charge in [-0.2, -0.15) is 0 Å². The van der Waals surface area contributed by atoms with E-state index in [9.17, 15) is 4.57 Å². The van der Waals surface area contributed by atoms with Crippen LogP contribution in [0, 0.1) is 0 Å². The molecule has 6 heteroatoms. The minimum Gasteiger partial charge on any atom is -0.375 e.